The fraction of sp³-hybridized carbons (Fsp3) is 0.409. The molecule has 0 aliphatic carbocycles. The average Bonchev–Trinajstić information content (AvgIpc) is 3.35. The van der Waals surface area contributed by atoms with E-state index in [2.05, 4.69) is 14.9 Å². The molecule has 29 heavy (non-hydrogen) atoms. The standard InChI is InChI=1S/C22H27N5OS/c1-15-23-13-18(29-15)14-27-11-9-17(10-12-27)21-24-19(16-7-5-4-6-8-16)20(25-21)22(28)26(2)3/h4-8,13,17H,9-12,14H2,1-3H3,(H,24,25). The van der Waals surface area contributed by atoms with E-state index in [-0.39, 0.29) is 5.91 Å². The summed E-state index contributed by atoms with van der Waals surface area (Å²) in [5.41, 5.74) is 2.30. The number of aromatic nitrogens is 3. The topological polar surface area (TPSA) is 65.1 Å². The van der Waals surface area contributed by atoms with Crippen LogP contribution in [0.5, 0.6) is 0 Å². The van der Waals surface area contributed by atoms with Crippen LogP contribution in [0.1, 0.15) is 45.0 Å². The van der Waals surface area contributed by atoms with Crippen LogP contribution in [0.2, 0.25) is 0 Å². The molecule has 4 rings (SSSR count). The van der Waals surface area contributed by atoms with Crippen LogP contribution >= 0.6 is 11.3 Å². The van der Waals surface area contributed by atoms with Gasteiger partial charge in [-0.1, -0.05) is 30.3 Å². The van der Waals surface area contributed by atoms with Gasteiger partial charge in [0.1, 0.15) is 17.2 Å². The maximum absolute atomic E-state index is 12.7. The van der Waals surface area contributed by atoms with E-state index in [4.69, 9.17) is 4.98 Å². The number of hydrogen-bond donors (Lipinski definition) is 1. The number of nitrogens with one attached hydrogen (secondary N) is 1. The number of imidazole rings is 1. The van der Waals surface area contributed by atoms with Gasteiger partial charge < -0.3 is 9.88 Å². The molecule has 0 saturated carbocycles. The third-order valence-electron chi connectivity index (χ3n) is 5.41. The molecule has 1 saturated heterocycles. The fourth-order valence-corrected chi connectivity index (χ4v) is 4.67. The number of piperidine rings is 1. The molecule has 6 nitrogen and oxygen atoms in total. The molecule has 0 radical (unpaired) electrons. The highest BCUT2D eigenvalue weighted by Gasteiger charge is 2.27. The highest BCUT2D eigenvalue weighted by molar-refractivity contribution is 7.11. The number of thiazole rings is 1. The summed E-state index contributed by atoms with van der Waals surface area (Å²) in [5, 5.41) is 1.12. The molecule has 0 atom stereocenters. The third kappa shape index (κ3) is 4.41. The van der Waals surface area contributed by atoms with Crippen molar-refractivity contribution in [2.75, 3.05) is 27.2 Å². The van der Waals surface area contributed by atoms with Crippen molar-refractivity contribution < 1.29 is 4.79 Å². The Hall–Kier alpha value is -2.51. The lowest BCUT2D eigenvalue weighted by Crippen LogP contribution is -2.32. The largest absolute Gasteiger partial charge is 0.343 e. The number of aromatic amines is 1. The Bertz CT molecular complexity index is 970. The van der Waals surface area contributed by atoms with Crippen molar-refractivity contribution in [1.29, 1.82) is 0 Å². The molecule has 3 aromatic rings. The van der Waals surface area contributed by atoms with Gasteiger partial charge in [0, 0.05) is 43.2 Å². The van der Waals surface area contributed by atoms with Gasteiger partial charge in [-0.05, 0) is 32.9 Å². The van der Waals surface area contributed by atoms with Crippen molar-refractivity contribution in [3.8, 4) is 11.3 Å². The summed E-state index contributed by atoms with van der Waals surface area (Å²) in [6, 6.07) is 9.95. The highest BCUT2D eigenvalue weighted by atomic mass is 32.1. The van der Waals surface area contributed by atoms with E-state index in [9.17, 15) is 4.79 Å². The fourth-order valence-electron chi connectivity index (χ4n) is 3.83. The predicted molar refractivity (Wildman–Crippen MR) is 116 cm³/mol. The summed E-state index contributed by atoms with van der Waals surface area (Å²) in [7, 11) is 3.55. The van der Waals surface area contributed by atoms with Gasteiger partial charge in [0.05, 0.1) is 5.01 Å². The van der Waals surface area contributed by atoms with E-state index in [0.29, 0.717) is 11.6 Å². The Balaban J connectivity index is 1.51. The molecular formula is C22H27N5OS. The maximum Gasteiger partial charge on any atom is 0.272 e. The first-order chi connectivity index (χ1) is 14.0. The zero-order valence-corrected chi connectivity index (χ0v) is 18.0. The lowest BCUT2D eigenvalue weighted by Gasteiger charge is -2.30. The van der Waals surface area contributed by atoms with Crippen LogP contribution in [0, 0.1) is 6.92 Å². The minimum absolute atomic E-state index is 0.0411. The van der Waals surface area contributed by atoms with Gasteiger partial charge in [0.2, 0.25) is 0 Å². The molecule has 1 aromatic carbocycles. The van der Waals surface area contributed by atoms with E-state index in [1.807, 2.05) is 43.5 Å². The number of carbonyl (C=O) groups is 1. The molecular weight excluding hydrogens is 382 g/mol. The van der Waals surface area contributed by atoms with Crippen LogP contribution in [0.3, 0.4) is 0 Å². The minimum Gasteiger partial charge on any atom is -0.343 e. The lowest BCUT2D eigenvalue weighted by molar-refractivity contribution is 0.0823. The molecule has 3 heterocycles. The zero-order valence-electron chi connectivity index (χ0n) is 17.2. The van der Waals surface area contributed by atoms with Gasteiger partial charge >= 0.3 is 0 Å². The molecule has 152 valence electrons. The number of benzene rings is 1. The normalized spacial score (nSPS) is 15.6. The monoisotopic (exact) mass is 409 g/mol. The van der Waals surface area contributed by atoms with E-state index < -0.39 is 0 Å². The first-order valence-electron chi connectivity index (χ1n) is 10.0. The first-order valence-corrected chi connectivity index (χ1v) is 10.8. The molecule has 0 unspecified atom stereocenters. The first kappa shape index (κ1) is 19.8. The van der Waals surface area contributed by atoms with Crippen molar-refractivity contribution in [3.05, 3.63) is 57.9 Å². The van der Waals surface area contributed by atoms with Gasteiger partial charge in [-0.15, -0.1) is 11.3 Å². The number of likely N-dealkylation sites (tertiary alicyclic amines) is 1. The molecule has 0 spiro atoms. The van der Waals surface area contributed by atoms with Crippen LogP contribution in [-0.2, 0) is 6.54 Å². The SMILES string of the molecule is Cc1ncc(CN2CCC(c3nc(-c4ccccc4)c(C(=O)N(C)C)[nH]3)CC2)s1. The van der Waals surface area contributed by atoms with Crippen molar-refractivity contribution in [3.63, 3.8) is 0 Å². The van der Waals surface area contributed by atoms with E-state index >= 15 is 0 Å². The lowest BCUT2D eigenvalue weighted by atomic mass is 9.96. The van der Waals surface area contributed by atoms with Crippen LogP contribution < -0.4 is 0 Å². The van der Waals surface area contributed by atoms with E-state index in [1.165, 1.54) is 4.88 Å². The van der Waals surface area contributed by atoms with Gasteiger partial charge in [0.15, 0.2) is 0 Å². The van der Waals surface area contributed by atoms with Crippen LogP contribution in [0.4, 0.5) is 0 Å². The van der Waals surface area contributed by atoms with Crippen LogP contribution in [0.25, 0.3) is 11.3 Å². The Morgan fingerprint density at radius 2 is 1.97 bits per heavy atom. The van der Waals surface area contributed by atoms with Crippen molar-refractivity contribution in [1.82, 2.24) is 24.8 Å². The summed E-state index contributed by atoms with van der Waals surface area (Å²) < 4.78 is 0. The second-order valence-corrected chi connectivity index (χ2v) is 9.13. The van der Waals surface area contributed by atoms with Crippen molar-refractivity contribution >= 4 is 17.2 Å². The molecule has 1 aliphatic rings. The highest BCUT2D eigenvalue weighted by Crippen LogP contribution is 2.31. The molecule has 1 N–H and O–H groups in total. The Labute approximate surface area is 175 Å². The smallest absolute Gasteiger partial charge is 0.272 e. The maximum atomic E-state index is 12.7. The van der Waals surface area contributed by atoms with E-state index in [0.717, 1.165) is 54.6 Å². The Morgan fingerprint density at radius 1 is 1.24 bits per heavy atom. The number of carbonyl (C=O) groups excluding carboxylic acids is 1. The van der Waals surface area contributed by atoms with Crippen molar-refractivity contribution in [2.24, 2.45) is 0 Å². The summed E-state index contributed by atoms with van der Waals surface area (Å²) >= 11 is 1.77. The van der Waals surface area contributed by atoms with Crippen LogP contribution in [0.15, 0.2) is 36.5 Å². The second-order valence-electron chi connectivity index (χ2n) is 7.81. The third-order valence-corrected chi connectivity index (χ3v) is 6.31. The van der Waals surface area contributed by atoms with Crippen LogP contribution in [-0.4, -0.2) is 57.8 Å². The number of amides is 1. The summed E-state index contributed by atoms with van der Waals surface area (Å²) in [6.07, 6.45) is 4.06. The minimum atomic E-state index is -0.0411. The Morgan fingerprint density at radius 3 is 2.59 bits per heavy atom. The number of H-pyrrole nitrogens is 1. The number of rotatable bonds is 5. The number of aryl methyl sites for hydroxylation is 1. The van der Waals surface area contributed by atoms with E-state index in [1.54, 1.807) is 30.3 Å². The van der Waals surface area contributed by atoms with Gasteiger partial charge in [-0.3, -0.25) is 9.69 Å². The summed E-state index contributed by atoms with van der Waals surface area (Å²) in [5.74, 6) is 1.24. The number of hydrogen-bond acceptors (Lipinski definition) is 5. The van der Waals surface area contributed by atoms with Crippen molar-refractivity contribution in [2.45, 2.75) is 32.2 Å². The van der Waals surface area contributed by atoms with Gasteiger partial charge in [-0.2, -0.15) is 0 Å². The second kappa shape index (κ2) is 8.47. The summed E-state index contributed by atoms with van der Waals surface area (Å²) in [6.45, 7) is 5.07. The predicted octanol–water partition coefficient (Wildman–Crippen LogP) is 3.92. The van der Waals surface area contributed by atoms with Gasteiger partial charge in [-0.25, -0.2) is 9.97 Å². The number of nitrogens with zero attached hydrogens (tertiary/aromatic N) is 4. The summed E-state index contributed by atoms with van der Waals surface area (Å²) in [4.78, 5) is 30.8. The average molecular weight is 410 g/mol. The molecule has 0 bridgehead atoms. The zero-order chi connectivity index (χ0) is 20.4. The molecule has 1 fully saturated rings. The molecule has 1 amide bonds. The Kier molecular flexibility index (Phi) is 5.78. The molecule has 1 aliphatic heterocycles. The van der Waals surface area contributed by atoms with Gasteiger partial charge in [0.25, 0.3) is 5.91 Å². The molecule has 7 heteroatoms. The quantitative estimate of drug-likeness (QED) is 0.694. The molecule has 2 aromatic heterocycles.